The molecule has 0 saturated carbocycles. The number of carbonyl (C=O) groups is 1. The van der Waals surface area contributed by atoms with Crippen molar-refractivity contribution in [1.29, 1.82) is 0 Å². The van der Waals surface area contributed by atoms with Gasteiger partial charge < -0.3 is 19.3 Å². The van der Waals surface area contributed by atoms with E-state index in [4.69, 9.17) is 9.47 Å². The van der Waals surface area contributed by atoms with E-state index in [2.05, 4.69) is 19.7 Å². The third-order valence-electron chi connectivity index (χ3n) is 5.82. The van der Waals surface area contributed by atoms with Crippen molar-refractivity contribution in [2.45, 2.75) is 45.1 Å². The molecule has 0 bridgehead atoms. The standard InChI is InChI=1S/C19H34N4O3/c1-17(22-12-14-25-15-13-22)20-19(24)26-16-11-21-9-5-18(6-10-21)23-7-3-2-4-8-23/h18H,2-16H2,1H3/b20-17-. The molecule has 1 amide bonds. The van der Waals surface area contributed by atoms with E-state index in [1.165, 1.54) is 45.2 Å². The van der Waals surface area contributed by atoms with Gasteiger partial charge in [0, 0.05) is 25.7 Å². The molecule has 0 unspecified atom stereocenters. The smallest absolute Gasteiger partial charge is 0.435 e. The van der Waals surface area contributed by atoms with Crippen LogP contribution in [0.1, 0.15) is 39.0 Å². The molecule has 3 rings (SSSR count). The quantitative estimate of drug-likeness (QED) is 0.559. The van der Waals surface area contributed by atoms with E-state index in [9.17, 15) is 4.79 Å². The minimum absolute atomic E-state index is 0.424. The monoisotopic (exact) mass is 366 g/mol. The summed E-state index contributed by atoms with van der Waals surface area (Å²) >= 11 is 0. The molecule has 148 valence electrons. The van der Waals surface area contributed by atoms with Gasteiger partial charge in [0.15, 0.2) is 0 Å². The Labute approximate surface area is 157 Å². The molecule has 3 aliphatic heterocycles. The summed E-state index contributed by atoms with van der Waals surface area (Å²) in [6, 6.07) is 0.759. The van der Waals surface area contributed by atoms with Crippen LogP contribution in [0, 0.1) is 0 Å². The van der Waals surface area contributed by atoms with Crippen LogP contribution < -0.4 is 0 Å². The van der Waals surface area contributed by atoms with E-state index >= 15 is 0 Å². The second kappa shape index (κ2) is 10.2. The molecule has 0 atom stereocenters. The van der Waals surface area contributed by atoms with Crippen LogP contribution in [0.4, 0.5) is 4.79 Å². The molecule has 26 heavy (non-hydrogen) atoms. The predicted octanol–water partition coefficient (Wildman–Crippen LogP) is 1.82. The number of hydrogen-bond donors (Lipinski definition) is 0. The molecule has 3 heterocycles. The van der Waals surface area contributed by atoms with E-state index < -0.39 is 6.09 Å². The number of amides is 1. The molecule has 0 spiro atoms. The van der Waals surface area contributed by atoms with Gasteiger partial charge in [0.1, 0.15) is 12.4 Å². The molecular formula is C19H34N4O3. The number of ether oxygens (including phenoxy) is 2. The Morgan fingerprint density at radius 1 is 1.04 bits per heavy atom. The molecule has 3 aliphatic rings. The molecule has 0 aromatic rings. The molecule has 0 radical (unpaired) electrons. The second-order valence-corrected chi connectivity index (χ2v) is 7.54. The SMILES string of the molecule is C/C(=N/C(=O)OCCN1CCC(N2CCCCC2)CC1)N1CCOCC1. The van der Waals surface area contributed by atoms with Crippen LogP contribution in [0.2, 0.25) is 0 Å². The summed E-state index contributed by atoms with van der Waals surface area (Å²) in [6.45, 7) is 10.8. The minimum Gasteiger partial charge on any atom is -0.447 e. The first-order valence-electron chi connectivity index (χ1n) is 10.2. The van der Waals surface area contributed by atoms with E-state index in [-0.39, 0.29) is 0 Å². The van der Waals surface area contributed by atoms with Gasteiger partial charge in [-0.1, -0.05) is 6.42 Å². The van der Waals surface area contributed by atoms with Crippen LogP contribution in [-0.4, -0.2) is 98.3 Å². The van der Waals surface area contributed by atoms with Crippen LogP contribution in [0.15, 0.2) is 4.99 Å². The van der Waals surface area contributed by atoms with E-state index in [0.717, 1.165) is 44.6 Å². The molecule has 7 heteroatoms. The van der Waals surface area contributed by atoms with Gasteiger partial charge >= 0.3 is 6.09 Å². The largest absolute Gasteiger partial charge is 0.447 e. The van der Waals surface area contributed by atoms with E-state index in [0.29, 0.717) is 19.8 Å². The van der Waals surface area contributed by atoms with Gasteiger partial charge in [-0.2, -0.15) is 4.99 Å². The Hall–Kier alpha value is -1.18. The number of carbonyl (C=O) groups excluding carboxylic acids is 1. The normalized spacial score (nSPS) is 24.7. The van der Waals surface area contributed by atoms with Crippen molar-refractivity contribution in [2.75, 3.05) is 65.6 Å². The maximum absolute atomic E-state index is 11.9. The molecule has 0 N–H and O–H groups in total. The number of rotatable bonds is 4. The Morgan fingerprint density at radius 3 is 2.42 bits per heavy atom. The average molecular weight is 367 g/mol. The fourth-order valence-corrected chi connectivity index (χ4v) is 4.18. The van der Waals surface area contributed by atoms with Crippen molar-refractivity contribution >= 4 is 11.9 Å². The van der Waals surface area contributed by atoms with Crippen LogP contribution in [0.3, 0.4) is 0 Å². The number of nitrogens with zero attached hydrogens (tertiary/aromatic N) is 4. The lowest BCUT2D eigenvalue weighted by Crippen LogP contribution is -2.47. The first-order valence-corrected chi connectivity index (χ1v) is 10.2. The highest BCUT2D eigenvalue weighted by atomic mass is 16.5. The van der Waals surface area contributed by atoms with E-state index in [1.807, 2.05) is 6.92 Å². The van der Waals surface area contributed by atoms with Crippen LogP contribution in [-0.2, 0) is 9.47 Å². The zero-order chi connectivity index (χ0) is 18.2. The number of morpholine rings is 1. The summed E-state index contributed by atoms with van der Waals surface area (Å²) < 4.78 is 10.6. The van der Waals surface area contributed by atoms with Gasteiger partial charge in [0.25, 0.3) is 0 Å². The average Bonchev–Trinajstić information content (AvgIpc) is 2.70. The summed E-state index contributed by atoms with van der Waals surface area (Å²) in [7, 11) is 0. The van der Waals surface area contributed by atoms with Gasteiger partial charge in [0.2, 0.25) is 0 Å². The van der Waals surface area contributed by atoms with Gasteiger partial charge in [-0.05, 0) is 58.8 Å². The highest BCUT2D eigenvalue weighted by Gasteiger charge is 2.25. The maximum atomic E-state index is 11.9. The Morgan fingerprint density at radius 2 is 1.73 bits per heavy atom. The lowest BCUT2D eigenvalue weighted by atomic mass is 10.00. The van der Waals surface area contributed by atoms with Crippen LogP contribution in [0.5, 0.6) is 0 Å². The summed E-state index contributed by atoms with van der Waals surface area (Å²) in [6.07, 6.45) is 6.12. The lowest BCUT2D eigenvalue weighted by Gasteiger charge is -2.40. The van der Waals surface area contributed by atoms with E-state index in [1.54, 1.807) is 0 Å². The predicted molar refractivity (Wildman–Crippen MR) is 102 cm³/mol. The fraction of sp³-hybridized carbons (Fsp3) is 0.895. The highest BCUT2D eigenvalue weighted by molar-refractivity contribution is 5.90. The van der Waals surface area contributed by atoms with Crippen molar-refractivity contribution in [3.8, 4) is 0 Å². The van der Waals surface area contributed by atoms with Crippen molar-refractivity contribution in [1.82, 2.24) is 14.7 Å². The summed E-state index contributed by atoms with van der Waals surface area (Å²) in [5, 5.41) is 0. The maximum Gasteiger partial charge on any atom is 0.435 e. The fourth-order valence-electron chi connectivity index (χ4n) is 4.18. The van der Waals surface area contributed by atoms with Gasteiger partial charge in [-0.3, -0.25) is 4.90 Å². The Bertz CT molecular complexity index is 465. The van der Waals surface area contributed by atoms with Crippen molar-refractivity contribution in [2.24, 2.45) is 4.99 Å². The summed E-state index contributed by atoms with van der Waals surface area (Å²) in [4.78, 5) is 23.1. The molecule has 0 aromatic heterocycles. The van der Waals surface area contributed by atoms with Crippen LogP contribution >= 0.6 is 0 Å². The molecule has 3 fully saturated rings. The first kappa shape index (κ1) is 19.6. The zero-order valence-corrected chi connectivity index (χ0v) is 16.2. The lowest BCUT2D eigenvalue weighted by molar-refractivity contribution is 0.0672. The molecule has 0 aromatic carbocycles. The Kier molecular flexibility index (Phi) is 7.70. The molecule has 7 nitrogen and oxygen atoms in total. The number of aliphatic imine (C=N–C) groups is 1. The number of piperidine rings is 2. The van der Waals surface area contributed by atoms with Gasteiger partial charge in [-0.25, -0.2) is 4.79 Å². The topological polar surface area (TPSA) is 57.6 Å². The highest BCUT2D eigenvalue weighted by Crippen LogP contribution is 2.20. The summed E-state index contributed by atoms with van der Waals surface area (Å²) in [5.41, 5.74) is 0. The third-order valence-corrected chi connectivity index (χ3v) is 5.82. The third kappa shape index (κ3) is 5.93. The molecule has 3 saturated heterocycles. The van der Waals surface area contributed by atoms with Crippen molar-refractivity contribution < 1.29 is 14.3 Å². The number of amidine groups is 1. The molecular weight excluding hydrogens is 332 g/mol. The molecule has 0 aliphatic carbocycles. The van der Waals surface area contributed by atoms with Gasteiger partial charge in [0.05, 0.1) is 13.2 Å². The van der Waals surface area contributed by atoms with Crippen LogP contribution in [0.25, 0.3) is 0 Å². The summed E-state index contributed by atoms with van der Waals surface area (Å²) in [5.74, 6) is 0.723. The minimum atomic E-state index is -0.475. The van der Waals surface area contributed by atoms with Crippen molar-refractivity contribution in [3.63, 3.8) is 0 Å². The number of hydrogen-bond acceptors (Lipinski definition) is 5. The Balaban J connectivity index is 1.30. The second-order valence-electron chi connectivity index (χ2n) is 7.54. The zero-order valence-electron chi connectivity index (χ0n) is 16.2. The number of likely N-dealkylation sites (tertiary alicyclic amines) is 2. The van der Waals surface area contributed by atoms with Crippen molar-refractivity contribution in [3.05, 3.63) is 0 Å². The van der Waals surface area contributed by atoms with Gasteiger partial charge in [-0.15, -0.1) is 0 Å². The first-order chi connectivity index (χ1) is 12.7.